The standard InChI is InChI=1S/C12H15BrO3/c1-4-5-10(14)9-6-8(15-2)7-11(16-3)12(9)13/h4,6-7,10,14H,1,5H2,2-3H3. The largest absolute Gasteiger partial charge is 0.497 e. The van der Waals surface area contributed by atoms with Crippen molar-refractivity contribution >= 4 is 15.9 Å². The van der Waals surface area contributed by atoms with Crippen molar-refractivity contribution in [1.82, 2.24) is 0 Å². The summed E-state index contributed by atoms with van der Waals surface area (Å²) in [7, 11) is 3.15. The van der Waals surface area contributed by atoms with Gasteiger partial charge >= 0.3 is 0 Å². The fourth-order valence-corrected chi connectivity index (χ4v) is 2.04. The van der Waals surface area contributed by atoms with Crippen LogP contribution in [0.4, 0.5) is 0 Å². The van der Waals surface area contributed by atoms with Gasteiger partial charge in [-0.1, -0.05) is 6.08 Å². The minimum Gasteiger partial charge on any atom is -0.497 e. The summed E-state index contributed by atoms with van der Waals surface area (Å²) in [6, 6.07) is 3.54. The molecule has 1 N–H and O–H groups in total. The Labute approximate surface area is 104 Å². The lowest BCUT2D eigenvalue weighted by Gasteiger charge is -2.15. The van der Waals surface area contributed by atoms with Crippen LogP contribution in [0.1, 0.15) is 18.1 Å². The second-order valence-corrected chi connectivity index (χ2v) is 4.07. The quantitative estimate of drug-likeness (QED) is 0.846. The highest BCUT2D eigenvalue weighted by molar-refractivity contribution is 9.10. The summed E-state index contributed by atoms with van der Waals surface area (Å²) in [5.74, 6) is 1.29. The maximum absolute atomic E-state index is 9.93. The maximum Gasteiger partial charge on any atom is 0.137 e. The van der Waals surface area contributed by atoms with E-state index in [2.05, 4.69) is 22.5 Å². The van der Waals surface area contributed by atoms with Gasteiger partial charge in [-0.05, 0) is 28.4 Å². The Morgan fingerprint density at radius 2 is 2.12 bits per heavy atom. The molecule has 0 saturated heterocycles. The third kappa shape index (κ3) is 2.77. The van der Waals surface area contributed by atoms with Crippen LogP contribution < -0.4 is 9.47 Å². The zero-order valence-corrected chi connectivity index (χ0v) is 11.0. The number of benzene rings is 1. The molecule has 0 radical (unpaired) electrons. The van der Waals surface area contributed by atoms with E-state index in [9.17, 15) is 5.11 Å². The fourth-order valence-electron chi connectivity index (χ4n) is 1.39. The molecule has 0 aromatic heterocycles. The Morgan fingerprint density at radius 3 is 2.62 bits per heavy atom. The van der Waals surface area contributed by atoms with Crippen LogP contribution in [-0.4, -0.2) is 19.3 Å². The van der Waals surface area contributed by atoms with Crippen LogP contribution in [0.2, 0.25) is 0 Å². The predicted molar refractivity (Wildman–Crippen MR) is 67.0 cm³/mol. The molecule has 4 heteroatoms. The van der Waals surface area contributed by atoms with E-state index in [1.807, 2.05) is 0 Å². The van der Waals surface area contributed by atoms with Crippen molar-refractivity contribution in [1.29, 1.82) is 0 Å². The molecule has 0 spiro atoms. The van der Waals surface area contributed by atoms with Crippen LogP contribution in [0, 0.1) is 0 Å². The van der Waals surface area contributed by atoms with Crippen molar-refractivity contribution in [3.8, 4) is 11.5 Å². The Hall–Kier alpha value is -1.00. The molecule has 0 fully saturated rings. The van der Waals surface area contributed by atoms with E-state index in [0.29, 0.717) is 17.9 Å². The lowest BCUT2D eigenvalue weighted by Crippen LogP contribution is -2.00. The predicted octanol–water partition coefficient (Wildman–Crippen LogP) is 3.08. The fraction of sp³-hybridized carbons (Fsp3) is 0.333. The van der Waals surface area contributed by atoms with Gasteiger partial charge in [-0.3, -0.25) is 0 Å². The van der Waals surface area contributed by atoms with Crippen LogP contribution >= 0.6 is 15.9 Å². The van der Waals surface area contributed by atoms with Crippen LogP contribution in [0.25, 0.3) is 0 Å². The molecule has 0 heterocycles. The first-order valence-corrected chi connectivity index (χ1v) is 5.63. The summed E-state index contributed by atoms with van der Waals surface area (Å²) < 4.78 is 11.1. The second-order valence-electron chi connectivity index (χ2n) is 3.27. The van der Waals surface area contributed by atoms with Crippen molar-refractivity contribution in [2.75, 3.05) is 14.2 Å². The number of rotatable bonds is 5. The molecule has 1 atom stereocenters. The highest BCUT2D eigenvalue weighted by atomic mass is 79.9. The van der Waals surface area contributed by atoms with Gasteiger partial charge < -0.3 is 14.6 Å². The van der Waals surface area contributed by atoms with E-state index >= 15 is 0 Å². The van der Waals surface area contributed by atoms with E-state index in [-0.39, 0.29) is 0 Å². The van der Waals surface area contributed by atoms with E-state index in [4.69, 9.17) is 9.47 Å². The molecule has 16 heavy (non-hydrogen) atoms. The normalized spacial score (nSPS) is 12.0. The molecule has 1 unspecified atom stereocenters. The summed E-state index contributed by atoms with van der Waals surface area (Å²) in [5.41, 5.74) is 0.733. The third-order valence-electron chi connectivity index (χ3n) is 2.25. The number of aliphatic hydroxyl groups is 1. The molecule has 3 nitrogen and oxygen atoms in total. The van der Waals surface area contributed by atoms with Gasteiger partial charge in [-0.15, -0.1) is 6.58 Å². The van der Waals surface area contributed by atoms with Crippen LogP contribution in [-0.2, 0) is 0 Å². The van der Waals surface area contributed by atoms with E-state index < -0.39 is 6.10 Å². The Kier molecular flexibility index (Phi) is 4.83. The van der Waals surface area contributed by atoms with E-state index in [1.165, 1.54) is 0 Å². The first-order chi connectivity index (χ1) is 7.63. The highest BCUT2D eigenvalue weighted by Crippen LogP contribution is 2.37. The number of ether oxygens (including phenoxy) is 2. The Balaban J connectivity index is 3.19. The van der Waals surface area contributed by atoms with Gasteiger partial charge in [0.2, 0.25) is 0 Å². The average molecular weight is 287 g/mol. The number of hydrogen-bond donors (Lipinski definition) is 1. The average Bonchev–Trinajstić information content (AvgIpc) is 2.29. The van der Waals surface area contributed by atoms with Gasteiger partial charge in [0.25, 0.3) is 0 Å². The van der Waals surface area contributed by atoms with Crippen LogP contribution in [0.15, 0.2) is 29.3 Å². The van der Waals surface area contributed by atoms with Crippen LogP contribution in [0.5, 0.6) is 11.5 Å². The van der Waals surface area contributed by atoms with Crippen molar-refractivity contribution < 1.29 is 14.6 Å². The van der Waals surface area contributed by atoms with Gasteiger partial charge in [-0.25, -0.2) is 0 Å². The Morgan fingerprint density at radius 1 is 1.44 bits per heavy atom. The molecule has 0 bridgehead atoms. The number of hydrogen-bond acceptors (Lipinski definition) is 3. The lowest BCUT2D eigenvalue weighted by atomic mass is 10.1. The number of halogens is 1. The van der Waals surface area contributed by atoms with Crippen molar-refractivity contribution in [2.24, 2.45) is 0 Å². The summed E-state index contributed by atoms with van der Waals surface area (Å²) >= 11 is 3.40. The second kappa shape index (κ2) is 5.92. The summed E-state index contributed by atoms with van der Waals surface area (Å²) in [4.78, 5) is 0. The lowest BCUT2D eigenvalue weighted by molar-refractivity contribution is 0.180. The molecule has 88 valence electrons. The SMILES string of the molecule is C=CCC(O)c1cc(OC)cc(OC)c1Br. The molecule has 1 aromatic carbocycles. The van der Waals surface area contributed by atoms with Gasteiger partial charge in [0, 0.05) is 11.6 Å². The van der Waals surface area contributed by atoms with Crippen molar-refractivity contribution in [3.63, 3.8) is 0 Å². The molecule has 0 amide bonds. The zero-order valence-electron chi connectivity index (χ0n) is 9.37. The van der Waals surface area contributed by atoms with Gasteiger partial charge in [0.1, 0.15) is 11.5 Å². The minimum atomic E-state index is -0.615. The monoisotopic (exact) mass is 286 g/mol. The van der Waals surface area contributed by atoms with Gasteiger partial charge in [-0.2, -0.15) is 0 Å². The molecule has 0 aliphatic rings. The van der Waals surface area contributed by atoms with Gasteiger partial charge in [0.05, 0.1) is 24.8 Å². The van der Waals surface area contributed by atoms with Crippen molar-refractivity contribution in [2.45, 2.75) is 12.5 Å². The molecule has 1 aromatic rings. The highest BCUT2D eigenvalue weighted by Gasteiger charge is 2.15. The third-order valence-corrected chi connectivity index (χ3v) is 3.09. The first kappa shape index (κ1) is 13.1. The topological polar surface area (TPSA) is 38.7 Å². The van der Waals surface area contributed by atoms with E-state index in [0.717, 1.165) is 10.0 Å². The number of methoxy groups -OCH3 is 2. The van der Waals surface area contributed by atoms with Crippen LogP contribution in [0.3, 0.4) is 0 Å². The first-order valence-electron chi connectivity index (χ1n) is 4.84. The smallest absolute Gasteiger partial charge is 0.137 e. The maximum atomic E-state index is 9.93. The number of aliphatic hydroxyl groups excluding tert-OH is 1. The molecule has 0 aliphatic heterocycles. The molecule has 1 rings (SSSR count). The van der Waals surface area contributed by atoms with E-state index in [1.54, 1.807) is 32.4 Å². The summed E-state index contributed by atoms with van der Waals surface area (Å²) in [5, 5.41) is 9.93. The zero-order chi connectivity index (χ0) is 12.1. The van der Waals surface area contributed by atoms with Gasteiger partial charge in [0.15, 0.2) is 0 Å². The molecule has 0 aliphatic carbocycles. The Bertz CT molecular complexity index is 377. The summed E-state index contributed by atoms with van der Waals surface area (Å²) in [6.45, 7) is 3.60. The minimum absolute atomic E-state index is 0.481. The molecular weight excluding hydrogens is 272 g/mol. The summed E-state index contributed by atoms with van der Waals surface area (Å²) in [6.07, 6.45) is 1.54. The van der Waals surface area contributed by atoms with Crippen molar-refractivity contribution in [3.05, 3.63) is 34.8 Å². The molecular formula is C12H15BrO3. The molecule has 0 saturated carbocycles.